The molecule has 0 unspecified atom stereocenters. The van der Waals surface area contributed by atoms with Crippen molar-refractivity contribution in [3.05, 3.63) is 0 Å². The van der Waals surface area contributed by atoms with Gasteiger partial charge in [-0.3, -0.25) is 0 Å². The van der Waals surface area contributed by atoms with E-state index in [-0.39, 0.29) is 19.1 Å². The zero-order chi connectivity index (χ0) is 13.4. The van der Waals surface area contributed by atoms with E-state index in [1.807, 2.05) is 6.92 Å². The van der Waals surface area contributed by atoms with Gasteiger partial charge in [-0.15, -0.1) is 0 Å². The van der Waals surface area contributed by atoms with E-state index in [9.17, 15) is 9.59 Å². The van der Waals surface area contributed by atoms with Crippen molar-refractivity contribution in [2.24, 2.45) is 5.92 Å². The van der Waals surface area contributed by atoms with E-state index >= 15 is 0 Å². The minimum atomic E-state index is -1.05. The maximum absolute atomic E-state index is 11.8. The number of aliphatic carboxylic acids is 1. The standard InChI is InChI=1S/C11H22N2O4/c1-4-5-13(6-7-14)11(17)12-9(8(2)3)10(15)16/h8-9,14H,4-7H2,1-3H3,(H,12,17)(H,15,16)/t9-/m1/s1. The van der Waals surface area contributed by atoms with Crippen molar-refractivity contribution < 1.29 is 19.8 Å². The van der Waals surface area contributed by atoms with Gasteiger partial charge in [0.15, 0.2) is 0 Å². The molecule has 0 aliphatic heterocycles. The van der Waals surface area contributed by atoms with E-state index in [1.165, 1.54) is 4.90 Å². The van der Waals surface area contributed by atoms with Crippen molar-refractivity contribution in [1.29, 1.82) is 0 Å². The Kier molecular flexibility index (Phi) is 7.29. The average Bonchev–Trinajstić information content (AvgIpc) is 2.24. The Morgan fingerprint density at radius 3 is 2.24 bits per heavy atom. The molecule has 0 aromatic rings. The van der Waals surface area contributed by atoms with Crippen LogP contribution in [0, 0.1) is 5.92 Å². The number of amides is 2. The van der Waals surface area contributed by atoms with Crippen LogP contribution in [0.15, 0.2) is 0 Å². The van der Waals surface area contributed by atoms with Crippen LogP contribution in [0.25, 0.3) is 0 Å². The van der Waals surface area contributed by atoms with Gasteiger partial charge in [0, 0.05) is 13.1 Å². The third-order valence-electron chi connectivity index (χ3n) is 2.36. The first-order chi connectivity index (χ1) is 7.93. The molecule has 6 nitrogen and oxygen atoms in total. The molecule has 1 atom stereocenters. The summed E-state index contributed by atoms with van der Waals surface area (Å²) in [4.78, 5) is 24.1. The van der Waals surface area contributed by atoms with Gasteiger partial charge in [0.25, 0.3) is 0 Å². The molecule has 100 valence electrons. The predicted molar refractivity (Wildman–Crippen MR) is 63.7 cm³/mol. The zero-order valence-corrected chi connectivity index (χ0v) is 10.6. The van der Waals surface area contributed by atoms with Crippen molar-refractivity contribution in [2.45, 2.75) is 33.2 Å². The number of aliphatic hydroxyl groups excluding tert-OH is 1. The van der Waals surface area contributed by atoms with Crippen LogP contribution >= 0.6 is 0 Å². The van der Waals surface area contributed by atoms with Crippen LogP contribution in [0.2, 0.25) is 0 Å². The van der Waals surface area contributed by atoms with Crippen LogP contribution in [0.4, 0.5) is 4.79 Å². The molecular formula is C11H22N2O4. The van der Waals surface area contributed by atoms with Crippen LogP contribution in [-0.2, 0) is 4.79 Å². The minimum absolute atomic E-state index is 0.132. The number of aliphatic hydroxyl groups is 1. The topological polar surface area (TPSA) is 89.9 Å². The first-order valence-corrected chi connectivity index (χ1v) is 5.83. The van der Waals surface area contributed by atoms with Gasteiger partial charge in [0.05, 0.1) is 6.61 Å². The molecule has 0 aromatic heterocycles. The number of urea groups is 1. The SMILES string of the molecule is CCCN(CCO)C(=O)N[C@@H](C(=O)O)C(C)C. The van der Waals surface area contributed by atoms with Crippen molar-refractivity contribution in [2.75, 3.05) is 19.7 Å². The van der Waals surface area contributed by atoms with Gasteiger partial charge in [-0.1, -0.05) is 20.8 Å². The summed E-state index contributed by atoms with van der Waals surface area (Å²) in [7, 11) is 0. The second-order valence-electron chi connectivity index (χ2n) is 4.22. The molecule has 17 heavy (non-hydrogen) atoms. The molecule has 0 saturated heterocycles. The number of hydrogen-bond acceptors (Lipinski definition) is 3. The molecule has 6 heteroatoms. The third-order valence-corrected chi connectivity index (χ3v) is 2.36. The Labute approximate surface area is 102 Å². The molecule has 0 bridgehead atoms. The third kappa shape index (κ3) is 5.53. The zero-order valence-electron chi connectivity index (χ0n) is 10.6. The molecule has 0 radical (unpaired) electrons. The van der Waals surface area contributed by atoms with Crippen molar-refractivity contribution in [3.63, 3.8) is 0 Å². The van der Waals surface area contributed by atoms with E-state index in [0.717, 1.165) is 6.42 Å². The van der Waals surface area contributed by atoms with Gasteiger partial charge in [-0.05, 0) is 12.3 Å². The monoisotopic (exact) mass is 246 g/mol. The smallest absolute Gasteiger partial charge is 0.326 e. The summed E-state index contributed by atoms with van der Waals surface area (Å²) in [5.74, 6) is -1.23. The lowest BCUT2D eigenvalue weighted by Gasteiger charge is -2.25. The summed E-state index contributed by atoms with van der Waals surface area (Å²) in [6.45, 7) is 5.95. The molecule has 0 aliphatic rings. The molecule has 0 fully saturated rings. The van der Waals surface area contributed by atoms with Crippen LogP contribution in [-0.4, -0.2) is 52.9 Å². The van der Waals surface area contributed by atoms with E-state index in [2.05, 4.69) is 5.32 Å². The Morgan fingerprint density at radius 1 is 1.29 bits per heavy atom. The minimum Gasteiger partial charge on any atom is -0.480 e. The lowest BCUT2D eigenvalue weighted by molar-refractivity contribution is -0.140. The predicted octanol–water partition coefficient (Wildman–Crippen LogP) is 0.509. The number of carboxylic acids is 1. The molecule has 3 N–H and O–H groups in total. The normalized spacial score (nSPS) is 12.3. The quantitative estimate of drug-likeness (QED) is 0.610. The summed E-state index contributed by atoms with van der Waals surface area (Å²) in [5.41, 5.74) is 0. The first kappa shape index (κ1) is 15.7. The molecule has 0 rings (SSSR count). The number of carbonyl (C=O) groups excluding carboxylic acids is 1. The summed E-state index contributed by atoms with van der Waals surface area (Å²) < 4.78 is 0. The second-order valence-corrected chi connectivity index (χ2v) is 4.22. The van der Waals surface area contributed by atoms with Gasteiger partial charge < -0.3 is 20.4 Å². The summed E-state index contributed by atoms with van der Waals surface area (Å²) >= 11 is 0. The Balaban J connectivity index is 4.50. The lowest BCUT2D eigenvalue weighted by atomic mass is 10.1. The number of nitrogens with one attached hydrogen (secondary N) is 1. The Hall–Kier alpha value is -1.30. The van der Waals surface area contributed by atoms with E-state index in [0.29, 0.717) is 6.54 Å². The summed E-state index contributed by atoms with van der Waals surface area (Å²) in [6.07, 6.45) is 0.757. The van der Waals surface area contributed by atoms with Crippen LogP contribution in [0.3, 0.4) is 0 Å². The highest BCUT2D eigenvalue weighted by Gasteiger charge is 2.25. The maximum Gasteiger partial charge on any atom is 0.326 e. The molecule has 0 spiro atoms. The van der Waals surface area contributed by atoms with Crippen molar-refractivity contribution in [3.8, 4) is 0 Å². The molecule has 2 amide bonds. The van der Waals surface area contributed by atoms with Crippen LogP contribution < -0.4 is 5.32 Å². The number of rotatable bonds is 7. The molecular weight excluding hydrogens is 224 g/mol. The molecule has 0 aromatic carbocycles. The highest BCUT2D eigenvalue weighted by atomic mass is 16.4. The van der Waals surface area contributed by atoms with Crippen molar-refractivity contribution in [1.82, 2.24) is 10.2 Å². The van der Waals surface area contributed by atoms with E-state index in [1.54, 1.807) is 13.8 Å². The fourth-order valence-electron chi connectivity index (χ4n) is 1.44. The van der Waals surface area contributed by atoms with Crippen LogP contribution in [0.5, 0.6) is 0 Å². The summed E-state index contributed by atoms with van der Waals surface area (Å²) in [6, 6.07) is -1.34. The fraction of sp³-hybridized carbons (Fsp3) is 0.818. The average molecular weight is 246 g/mol. The van der Waals surface area contributed by atoms with E-state index < -0.39 is 18.0 Å². The molecule has 0 aliphatic carbocycles. The van der Waals surface area contributed by atoms with Crippen molar-refractivity contribution >= 4 is 12.0 Å². The first-order valence-electron chi connectivity index (χ1n) is 5.83. The van der Waals surface area contributed by atoms with Gasteiger partial charge in [-0.25, -0.2) is 9.59 Å². The molecule has 0 heterocycles. The molecule has 0 saturated carbocycles. The number of nitrogens with zero attached hydrogens (tertiary/aromatic N) is 1. The van der Waals surface area contributed by atoms with E-state index in [4.69, 9.17) is 10.2 Å². The second kappa shape index (κ2) is 7.89. The van der Waals surface area contributed by atoms with Gasteiger partial charge in [-0.2, -0.15) is 0 Å². The Bertz CT molecular complexity index is 250. The maximum atomic E-state index is 11.8. The highest BCUT2D eigenvalue weighted by molar-refractivity contribution is 5.82. The Morgan fingerprint density at radius 2 is 1.88 bits per heavy atom. The van der Waals surface area contributed by atoms with Gasteiger partial charge >= 0.3 is 12.0 Å². The number of hydrogen-bond donors (Lipinski definition) is 3. The lowest BCUT2D eigenvalue weighted by Crippen LogP contribution is -2.50. The largest absolute Gasteiger partial charge is 0.480 e. The number of carboxylic acid groups (broad SMARTS) is 1. The van der Waals surface area contributed by atoms with Gasteiger partial charge in [0.1, 0.15) is 6.04 Å². The summed E-state index contributed by atoms with van der Waals surface area (Å²) in [5, 5.41) is 20.2. The van der Waals surface area contributed by atoms with Gasteiger partial charge in [0.2, 0.25) is 0 Å². The van der Waals surface area contributed by atoms with Crippen LogP contribution in [0.1, 0.15) is 27.2 Å². The fourth-order valence-corrected chi connectivity index (χ4v) is 1.44. The highest BCUT2D eigenvalue weighted by Crippen LogP contribution is 2.03. The number of carbonyl (C=O) groups is 2.